The van der Waals surface area contributed by atoms with Crippen LogP contribution in [0.3, 0.4) is 0 Å². The van der Waals surface area contributed by atoms with Gasteiger partial charge in [-0.1, -0.05) is 68.4 Å². The first-order chi connectivity index (χ1) is 19.8. The Balaban J connectivity index is 1.59. The van der Waals surface area contributed by atoms with Crippen molar-refractivity contribution in [2.24, 2.45) is 0 Å². The molecule has 4 aromatic carbocycles. The van der Waals surface area contributed by atoms with Crippen LogP contribution in [0.25, 0.3) is 33.1 Å². The molecule has 0 aliphatic carbocycles. The molecule has 0 spiro atoms. The molecule has 41 heavy (non-hydrogen) atoms. The Hall–Kier alpha value is -4.47. The molecule has 8 nitrogen and oxygen atoms in total. The number of hydrogen-bond acceptors (Lipinski definition) is 7. The lowest BCUT2D eigenvalue weighted by molar-refractivity contribution is 0.0528. The van der Waals surface area contributed by atoms with Crippen LogP contribution in [-0.2, 0) is 14.8 Å². The lowest BCUT2D eigenvalue weighted by Gasteiger charge is -2.18. The van der Waals surface area contributed by atoms with Gasteiger partial charge in [-0.3, -0.25) is 0 Å². The van der Waals surface area contributed by atoms with E-state index in [2.05, 4.69) is 0 Å². The van der Waals surface area contributed by atoms with Crippen molar-refractivity contribution in [3.05, 3.63) is 96.1 Å². The van der Waals surface area contributed by atoms with Crippen molar-refractivity contribution < 1.29 is 31.9 Å². The molecule has 1 heterocycles. The van der Waals surface area contributed by atoms with Gasteiger partial charge < -0.3 is 13.9 Å². The van der Waals surface area contributed by atoms with E-state index in [1.54, 1.807) is 32.9 Å². The molecule has 0 unspecified atom stereocenters. The number of nitrogens with zero attached hydrogens (tertiary/aromatic N) is 1. The van der Waals surface area contributed by atoms with Crippen LogP contribution in [0.15, 0.2) is 94.2 Å². The summed E-state index contributed by atoms with van der Waals surface area (Å²) < 4.78 is 44.5. The summed E-state index contributed by atoms with van der Waals surface area (Å²) in [6.07, 6.45) is 0. The quantitative estimate of drug-likeness (QED) is 0.144. The monoisotopic (exact) mass is 571 g/mol. The van der Waals surface area contributed by atoms with Gasteiger partial charge in [-0.2, -0.15) is 4.31 Å². The summed E-state index contributed by atoms with van der Waals surface area (Å²) in [5.74, 6) is -0.644. The first kappa shape index (κ1) is 28.1. The number of benzene rings is 4. The minimum atomic E-state index is -3.67. The van der Waals surface area contributed by atoms with Crippen LogP contribution in [0.2, 0.25) is 0 Å². The summed E-state index contributed by atoms with van der Waals surface area (Å²) in [6, 6.07) is 23.8. The van der Waals surface area contributed by atoms with E-state index in [1.165, 1.54) is 28.6 Å². The minimum absolute atomic E-state index is 0.0931. The van der Waals surface area contributed by atoms with Gasteiger partial charge >= 0.3 is 11.9 Å². The van der Waals surface area contributed by atoms with Crippen LogP contribution in [0.5, 0.6) is 5.75 Å². The fourth-order valence-electron chi connectivity index (χ4n) is 4.80. The first-order valence-corrected chi connectivity index (χ1v) is 14.8. The number of fused-ring (bicyclic) bond motifs is 3. The highest BCUT2D eigenvalue weighted by molar-refractivity contribution is 7.89. The average molecular weight is 572 g/mol. The maximum absolute atomic E-state index is 13.3. The van der Waals surface area contributed by atoms with Crippen molar-refractivity contribution in [3.8, 4) is 17.1 Å². The molecule has 0 aliphatic rings. The third kappa shape index (κ3) is 5.21. The summed E-state index contributed by atoms with van der Waals surface area (Å²) in [5.41, 5.74) is 1.58. The zero-order chi connectivity index (χ0) is 29.1. The number of esters is 2. The van der Waals surface area contributed by atoms with Crippen molar-refractivity contribution in [2.75, 3.05) is 19.7 Å². The van der Waals surface area contributed by atoms with Crippen molar-refractivity contribution in [2.45, 2.75) is 25.7 Å². The van der Waals surface area contributed by atoms with Gasteiger partial charge in [0.15, 0.2) is 0 Å². The number of carbonyl (C=O) groups is 2. The molecule has 0 saturated heterocycles. The molecule has 0 bridgehead atoms. The Labute approximate surface area is 238 Å². The summed E-state index contributed by atoms with van der Waals surface area (Å²) >= 11 is 0. The van der Waals surface area contributed by atoms with Gasteiger partial charge in [0.25, 0.3) is 0 Å². The highest BCUT2D eigenvalue weighted by Crippen LogP contribution is 2.41. The maximum Gasteiger partial charge on any atom is 0.343 e. The van der Waals surface area contributed by atoms with E-state index in [0.29, 0.717) is 46.2 Å². The smallest absolute Gasteiger partial charge is 0.343 e. The molecule has 0 aliphatic heterocycles. The van der Waals surface area contributed by atoms with Gasteiger partial charge in [-0.15, -0.1) is 0 Å². The molecule has 0 saturated carbocycles. The average Bonchev–Trinajstić information content (AvgIpc) is 3.38. The van der Waals surface area contributed by atoms with E-state index in [4.69, 9.17) is 13.9 Å². The Bertz CT molecular complexity index is 1840. The number of rotatable bonds is 9. The molecule has 5 rings (SSSR count). The normalized spacial score (nSPS) is 11.7. The fraction of sp³-hybridized carbons (Fsp3) is 0.188. The summed E-state index contributed by atoms with van der Waals surface area (Å²) in [5, 5.41) is 1.71. The molecule has 0 atom stereocenters. The Kier molecular flexibility index (Phi) is 7.92. The number of furan rings is 1. The van der Waals surface area contributed by atoms with Crippen molar-refractivity contribution in [3.63, 3.8) is 0 Å². The van der Waals surface area contributed by atoms with Gasteiger partial charge in [-0.05, 0) is 37.3 Å². The Morgan fingerprint density at radius 2 is 1.41 bits per heavy atom. The number of ether oxygens (including phenoxy) is 2. The Morgan fingerprint density at radius 1 is 0.780 bits per heavy atom. The third-order valence-corrected chi connectivity index (χ3v) is 8.87. The van der Waals surface area contributed by atoms with Gasteiger partial charge in [-0.25, -0.2) is 18.0 Å². The van der Waals surface area contributed by atoms with Crippen molar-refractivity contribution >= 4 is 43.7 Å². The van der Waals surface area contributed by atoms with E-state index in [-0.39, 0.29) is 28.4 Å². The SMILES string of the molecule is CCOC(=O)c1c(-c2ccccc2)oc2c1cc(OC(=O)c1ccc(S(=O)(=O)N(CC)CC)cc1)c1ccccc12. The van der Waals surface area contributed by atoms with E-state index in [1.807, 2.05) is 48.5 Å². The van der Waals surface area contributed by atoms with E-state index < -0.39 is 22.0 Å². The fourth-order valence-corrected chi connectivity index (χ4v) is 6.26. The van der Waals surface area contributed by atoms with Crippen LogP contribution < -0.4 is 4.74 Å². The van der Waals surface area contributed by atoms with Crippen molar-refractivity contribution in [1.29, 1.82) is 0 Å². The second-order valence-corrected chi connectivity index (χ2v) is 11.1. The summed E-state index contributed by atoms with van der Waals surface area (Å²) in [7, 11) is -3.67. The predicted molar refractivity (Wildman–Crippen MR) is 157 cm³/mol. The van der Waals surface area contributed by atoms with Gasteiger partial charge in [0, 0.05) is 34.8 Å². The number of hydrogen-bond donors (Lipinski definition) is 0. The molecule has 0 N–H and O–H groups in total. The maximum atomic E-state index is 13.3. The molecule has 0 amide bonds. The van der Waals surface area contributed by atoms with Crippen LogP contribution in [0.4, 0.5) is 0 Å². The summed E-state index contributed by atoms with van der Waals surface area (Å²) in [4.78, 5) is 26.5. The van der Waals surface area contributed by atoms with Gasteiger partial charge in [0.05, 0.1) is 17.1 Å². The van der Waals surface area contributed by atoms with Crippen LogP contribution in [0, 0.1) is 0 Å². The second kappa shape index (κ2) is 11.6. The van der Waals surface area contributed by atoms with Crippen LogP contribution >= 0.6 is 0 Å². The first-order valence-electron chi connectivity index (χ1n) is 13.3. The van der Waals surface area contributed by atoms with E-state index >= 15 is 0 Å². The zero-order valence-corrected chi connectivity index (χ0v) is 23.7. The molecule has 0 fully saturated rings. The molecular weight excluding hydrogens is 542 g/mol. The van der Waals surface area contributed by atoms with E-state index in [0.717, 1.165) is 0 Å². The van der Waals surface area contributed by atoms with E-state index in [9.17, 15) is 18.0 Å². The third-order valence-electron chi connectivity index (χ3n) is 6.81. The molecule has 1 aromatic heterocycles. The number of carbonyl (C=O) groups excluding carboxylic acids is 2. The molecule has 0 radical (unpaired) electrons. The summed E-state index contributed by atoms with van der Waals surface area (Å²) in [6.45, 7) is 6.12. The highest BCUT2D eigenvalue weighted by Gasteiger charge is 2.27. The Morgan fingerprint density at radius 3 is 2.05 bits per heavy atom. The molecule has 210 valence electrons. The highest BCUT2D eigenvalue weighted by atomic mass is 32.2. The lowest BCUT2D eigenvalue weighted by atomic mass is 10.0. The largest absolute Gasteiger partial charge is 0.462 e. The zero-order valence-electron chi connectivity index (χ0n) is 22.9. The van der Waals surface area contributed by atoms with Gasteiger partial charge in [0.2, 0.25) is 10.0 Å². The van der Waals surface area contributed by atoms with Gasteiger partial charge in [0.1, 0.15) is 22.7 Å². The van der Waals surface area contributed by atoms with Crippen LogP contribution in [-0.4, -0.2) is 44.4 Å². The van der Waals surface area contributed by atoms with Crippen LogP contribution in [0.1, 0.15) is 41.5 Å². The molecule has 9 heteroatoms. The number of sulfonamides is 1. The predicted octanol–water partition coefficient (Wildman–Crippen LogP) is 6.68. The standard InChI is InChI=1S/C32H29NO7S/c1-4-33(5-2)41(36,37)23-18-16-22(17-19-23)31(34)39-27-20-26-28(32(35)38-6-3)29(21-12-8-7-9-13-21)40-30(26)25-15-11-10-14-24(25)27/h7-20H,4-6H2,1-3H3. The lowest BCUT2D eigenvalue weighted by Crippen LogP contribution is -2.30. The van der Waals surface area contributed by atoms with Crippen molar-refractivity contribution in [1.82, 2.24) is 4.31 Å². The molecular formula is C32H29NO7S. The molecule has 5 aromatic rings. The minimum Gasteiger partial charge on any atom is -0.462 e. The topological polar surface area (TPSA) is 103 Å². The second-order valence-electron chi connectivity index (χ2n) is 9.19.